The fraction of sp³-hybridized carbons (Fsp3) is 0.0714. The summed E-state index contributed by atoms with van der Waals surface area (Å²) in [5, 5.41) is 6.40. The average Bonchev–Trinajstić information content (AvgIpc) is 3.11. The Bertz CT molecular complexity index is 675. The maximum Gasteiger partial charge on any atom is 0.0914 e. The van der Waals surface area contributed by atoms with Gasteiger partial charge in [0.2, 0.25) is 0 Å². The lowest BCUT2D eigenvalue weighted by atomic mass is 10.3. The molecule has 1 aromatic carbocycles. The molecule has 0 bridgehead atoms. The number of thiophene rings is 1. The van der Waals surface area contributed by atoms with Gasteiger partial charge in [0.25, 0.3) is 0 Å². The summed E-state index contributed by atoms with van der Waals surface area (Å²) in [6, 6.07) is 15.6. The van der Waals surface area contributed by atoms with Crippen molar-refractivity contribution in [3.63, 3.8) is 0 Å². The van der Waals surface area contributed by atoms with Gasteiger partial charge in [-0.1, -0.05) is 24.3 Å². The van der Waals surface area contributed by atoms with Crippen LogP contribution in [0.2, 0.25) is 0 Å². The number of aromatic nitrogens is 2. The summed E-state index contributed by atoms with van der Waals surface area (Å²) < 4.78 is 14.8. The SMILES string of the molecule is O=[S@@](Cc1ccn(-c2ccccc2)n1)c1cccs1. The van der Waals surface area contributed by atoms with E-state index in [1.165, 1.54) is 11.3 Å². The summed E-state index contributed by atoms with van der Waals surface area (Å²) in [5.74, 6) is 0.459. The molecule has 3 nitrogen and oxygen atoms in total. The van der Waals surface area contributed by atoms with Crippen LogP contribution in [0.15, 0.2) is 64.3 Å². The molecule has 0 saturated carbocycles. The van der Waals surface area contributed by atoms with Crippen LogP contribution in [0.25, 0.3) is 5.69 Å². The van der Waals surface area contributed by atoms with Crippen molar-refractivity contribution in [3.05, 3.63) is 65.8 Å². The minimum absolute atomic E-state index is 0.459. The number of hydrogen-bond donors (Lipinski definition) is 0. The standard InChI is InChI=1S/C14H12N2OS2/c17-19(14-7-4-10-18-14)11-12-8-9-16(15-12)13-5-2-1-3-6-13/h1-10H,11H2/t19-/m0/s1. The van der Waals surface area contributed by atoms with Crippen LogP contribution in [-0.2, 0) is 16.6 Å². The molecular formula is C14H12N2OS2. The smallest absolute Gasteiger partial charge is 0.0914 e. The predicted molar refractivity (Wildman–Crippen MR) is 78.0 cm³/mol. The quantitative estimate of drug-likeness (QED) is 0.738. The molecule has 0 unspecified atom stereocenters. The van der Waals surface area contributed by atoms with Gasteiger partial charge in [0.1, 0.15) is 0 Å². The molecule has 5 heteroatoms. The van der Waals surface area contributed by atoms with Gasteiger partial charge < -0.3 is 0 Å². The second-order valence-corrected chi connectivity index (χ2v) is 6.63. The molecule has 0 aliphatic heterocycles. The summed E-state index contributed by atoms with van der Waals surface area (Å²) in [6.45, 7) is 0. The van der Waals surface area contributed by atoms with E-state index in [4.69, 9.17) is 0 Å². The summed E-state index contributed by atoms with van der Waals surface area (Å²) in [7, 11) is -1.00. The van der Waals surface area contributed by atoms with Crippen LogP contribution in [0.1, 0.15) is 5.69 Å². The van der Waals surface area contributed by atoms with Crippen molar-refractivity contribution in [2.75, 3.05) is 0 Å². The van der Waals surface area contributed by atoms with E-state index in [1.807, 2.05) is 60.1 Å². The van der Waals surface area contributed by atoms with Gasteiger partial charge in [-0.3, -0.25) is 4.21 Å². The topological polar surface area (TPSA) is 34.9 Å². The Balaban J connectivity index is 1.77. The zero-order chi connectivity index (χ0) is 13.1. The first-order chi connectivity index (χ1) is 9.33. The largest absolute Gasteiger partial charge is 0.253 e. The third-order valence-electron chi connectivity index (χ3n) is 2.66. The molecule has 0 amide bonds. The second kappa shape index (κ2) is 5.50. The molecule has 3 rings (SSSR count). The van der Waals surface area contributed by atoms with E-state index < -0.39 is 10.8 Å². The second-order valence-electron chi connectivity index (χ2n) is 4.01. The highest BCUT2D eigenvalue weighted by molar-refractivity contribution is 7.86. The van der Waals surface area contributed by atoms with Crippen LogP contribution in [0.4, 0.5) is 0 Å². The molecule has 0 radical (unpaired) electrons. The van der Waals surface area contributed by atoms with Gasteiger partial charge >= 0.3 is 0 Å². The highest BCUT2D eigenvalue weighted by Gasteiger charge is 2.08. The zero-order valence-corrected chi connectivity index (χ0v) is 11.7. The van der Waals surface area contributed by atoms with Gasteiger partial charge in [0.05, 0.1) is 32.1 Å². The van der Waals surface area contributed by atoms with Crippen molar-refractivity contribution in [2.24, 2.45) is 0 Å². The lowest BCUT2D eigenvalue weighted by molar-refractivity contribution is 0.683. The Hall–Kier alpha value is -1.72. The normalized spacial score (nSPS) is 12.4. The molecule has 2 heterocycles. The highest BCUT2D eigenvalue weighted by atomic mass is 32.2. The van der Waals surface area contributed by atoms with E-state index in [1.54, 1.807) is 4.68 Å². The summed E-state index contributed by atoms with van der Waals surface area (Å²) in [5.41, 5.74) is 1.85. The molecule has 0 aliphatic rings. The minimum atomic E-state index is -1.00. The summed E-state index contributed by atoms with van der Waals surface area (Å²) in [4.78, 5) is 0. The lowest BCUT2D eigenvalue weighted by Crippen LogP contribution is -1.98. The first kappa shape index (κ1) is 12.3. The van der Waals surface area contributed by atoms with E-state index in [-0.39, 0.29) is 0 Å². The van der Waals surface area contributed by atoms with Gasteiger partial charge in [-0.2, -0.15) is 5.10 Å². The number of rotatable bonds is 4. The van der Waals surface area contributed by atoms with Crippen LogP contribution < -0.4 is 0 Å². The first-order valence-electron chi connectivity index (χ1n) is 5.85. The molecule has 0 N–H and O–H groups in total. The van der Waals surface area contributed by atoms with E-state index in [0.717, 1.165) is 15.6 Å². The summed E-state index contributed by atoms with van der Waals surface area (Å²) >= 11 is 1.52. The van der Waals surface area contributed by atoms with Crippen molar-refractivity contribution in [3.8, 4) is 5.69 Å². The third kappa shape index (κ3) is 2.83. The van der Waals surface area contributed by atoms with Gasteiger partial charge in [-0.25, -0.2) is 4.68 Å². The van der Waals surface area contributed by atoms with Crippen LogP contribution in [0.3, 0.4) is 0 Å². The van der Waals surface area contributed by atoms with Crippen molar-refractivity contribution in [1.29, 1.82) is 0 Å². The van der Waals surface area contributed by atoms with Crippen LogP contribution in [-0.4, -0.2) is 14.0 Å². The van der Waals surface area contributed by atoms with Gasteiger partial charge in [-0.15, -0.1) is 11.3 Å². The van der Waals surface area contributed by atoms with Crippen LogP contribution in [0, 0.1) is 0 Å². The molecular weight excluding hydrogens is 276 g/mol. The molecule has 2 aromatic heterocycles. The van der Waals surface area contributed by atoms with E-state index in [9.17, 15) is 4.21 Å². The molecule has 0 fully saturated rings. The Morgan fingerprint density at radius 2 is 1.95 bits per heavy atom. The van der Waals surface area contributed by atoms with Crippen LogP contribution >= 0.6 is 11.3 Å². The Kier molecular flexibility index (Phi) is 3.57. The van der Waals surface area contributed by atoms with Crippen molar-refractivity contribution in [1.82, 2.24) is 9.78 Å². The maximum atomic E-state index is 12.1. The van der Waals surface area contributed by atoms with E-state index >= 15 is 0 Å². The zero-order valence-electron chi connectivity index (χ0n) is 10.1. The first-order valence-corrected chi connectivity index (χ1v) is 8.04. The van der Waals surface area contributed by atoms with E-state index in [0.29, 0.717) is 5.75 Å². The Labute approximate surface area is 118 Å². The summed E-state index contributed by atoms with van der Waals surface area (Å²) in [6.07, 6.45) is 1.90. The Morgan fingerprint density at radius 3 is 2.68 bits per heavy atom. The van der Waals surface area contributed by atoms with Gasteiger partial charge in [0, 0.05) is 6.20 Å². The van der Waals surface area contributed by atoms with E-state index in [2.05, 4.69) is 5.10 Å². The number of nitrogens with zero attached hydrogens (tertiary/aromatic N) is 2. The number of benzene rings is 1. The minimum Gasteiger partial charge on any atom is -0.253 e. The molecule has 0 aliphatic carbocycles. The van der Waals surface area contributed by atoms with Crippen molar-refractivity contribution < 1.29 is 4.21 Å². The third-order valence-corrected chi connectivity index (χ3v) is 5.31. The van der Waals surface area contributed by atoms with Gasteiger partial charge in [0.15, 0.2) is 0 Å². The van der Waals surface area contributed by atoms with Crippen LogP contribution in [0.5, 0.6) is 0 Å². The molecule has 19 heavy (non-hydrogen) atoms. The maximum absolute atomic E-state index is 12.1. The molecule has 0 spiro atoms. The van der Waals surface area contributed by atoms with Crippen molar-refractivity contribution >= 4 is 22.1 Å². The number of hydrogen-bond acceptors (Lipinski definition) is 3. The number of para-hydroxylation sites is 1. The lowest BCUT2D eigenvalue weighted by Gasteiger charge is -2.00. The fourth-order valence-electron chi connectivity index (χ4n) is 1.76. The fourth-order valence-corrected chi connectivity index (χ4v) is 3.78. The molecule has 1 atom stereocenters. The molecule has 0 saturated heterocycles. The highest BCUT2D eigenvalue weighted by Crippen LogP contribution is 2.17. The molecule has 3 aromatic rings. The average molecular weight is 288 g/mol. The van der Waals surface area contributed by atoms with Crippen molar-refractivity contribution in [2.45, 2.75) is 9.96 Å². The van der Waals surface area contributed by atoms with Gasteiger partial charge in [-0.05, 0) is 29.6 Å². The molecule has 96 valence electrons. The predicted octanol–water partition coefficient (Wildman–Crippen LogP) is 3.24. The monoisotopic (exact) mass is 288 g/mol. The Morgan fingerprint density at radius 1 is 1.11 bits per heavy atom.